The highest BCUT2D eigenvalue weighted by Crippen LogP contribution is 2.47. The van der Waals surface area contributed by atoms with Crippen LogP contribution in [0.2, 0.25) is 0 Å². The van der Waals surface area contributed by atoms with Crippen LogP contribution in [0.1, 0.15) is 61.7 Å². The molecule has 0 N–H and O–H groups in total. The zero-order chi connectivity index (χ0) is 23.2. The Kier molecular flexibility index (Phi) is 5.28. The van der Waals surface area contributed by atoms with Gasteiger partial charge in [-0.15, -0.1) is 0 Å². The molecule has 33 heavy (non-hydrogen) atoms. The summed E-state index contributed by atoms with van der Waals surface area (Å²) in [4.78, 5) is 0. The lowest BCUT2D eigenvalue weighted by Crippen LogP contribution is -2.33. The first kappa shape index (κ1) is 21.4. The van der Waals surface area contributed by atoms with Crippen molar-refractivity contribution in [3.8, 4) is 17.2 Å². The van der Waals surface area contributed by atoms with E-state index < -0.39 is 0 Å². The van der Waals surface area contributed by atoms with Gasteiger partial charge in [-0.3, -0.25) is 0 Å². The molecule has 0 saturated carbocycles. The van der Waals surface area contributed by atoms with Crippen LogP contribution in [0.15, 0.2) is 71.8 Å². The number of nitrogens with zero attached hydrogens (tertiary/aromatic N) is 2. The molecule has 5 heteroatoms. The minimum Gasteiger partial charge on any atom is -0.493 e. The van der Waals surface area contributed by atoms with E-state index in [1.54, 1.807) is 14.2 Å². The molecule has 2 atom stereocenters. The van der Waals surface area contributed by atoms with Gasteiger partial charge in [0.15, 0.2) is 11.5 Å². The summed E-state index contributed by atoms with van der Waals surface area (Å²) in [5.41, 5.74) is 5.71. The van der Waals surface area contributed by atoms with Crippen LogP contribution >= 0.6 is 0 Å². The summed E-state index contributed by atoms with van der Waals surface area (Å²) in [6.07, 6.45) is 0.517. The summed E-state index contributed by atoms with van der Waals surface area (Å²) >= 11 is 0. The molecule has 0 spiro atoms. The van der Waals surface area contributed by atoms with Crippen molar-refractivity contribution < 1.29 is 14.2 Å². The number of rotatable bonds is 4. The average molecular weight is 443 g/mol. The Bertz CT molecular complexity index is 1190. The van der Waals surface area contributed by atoms with Crippen LogP contribution in [0.3, 0.4) is 0 Å². The van der Waals surface area contributed by atoms with Crippen molar-refractivity contribution in [1.29, 1.82) is 0 Å². The molecule has 2 heterocycles. The summed E-state index contributed by atoms with van der Waals surface area (Å²) in [6.45, 7) is 6.68. The van der Waals surface area contributed by atoms with Crippen molar-refractivity contribution >= 4 is 5.71 Å². The molecule has 5 nitrogen and oxygen atoms in total. The Morgan fingerprint density at radius 1 is 0.909 bits per heavy atom. The average Bonchev–Trinajstić information content (AvgIpc) is 3.28. The summed E-state index contributed by atoms with van der Waals surface area (Å²) in [5.74, 6) is 2.34. The standard InChI is InChI=1S/C28H30N2O3/c1-28(2,3)20-13-10-18(11-14-20)27-30-23(21-8-6-7-9-24(21)33-27)17-22(29-30)19-12-15-25(31-4)26(16-19)32-5/h6-16,23,27H,17H2,1-5H3/t23-,27+/m1/s1. The molecule has 5 rings (SSSR count). The third-order valence-corrected chi connectivity index (χ3v) is 6.48. The van der Waals surface area contributed by atoms with Crippen LogP contribution in [0.5, 0.6) is 17.2 Å². The van der Waals surface area contributed by atoms with Crippen molar-refractivity contribution in [1.82, 2.24) is 5.01 Å². The molecule has 0 bridgehead atoms. The van der Waals surface area contributed by atoms with Gasteiger partial charge in [-0.25, -0.2) is 5.01 Å². The van der Waals surface area contributed by atoms with E-state index in [1.807, 2.05) is 24.3 Å². The number of benzene rings is 3. The van der Waals surface area contributed by atoms with Crippen LogP contribution in [-0.2, 0) is 5.41 Å². The molecule has 0 unspecified atom stereocenters. The predicted octanol–water partition coefficient (Wildman–Crippen LogP) is 6.24. The van der Waals surface area contributed by atoms with E-state index in [0.29, 0.717) is 11.5 Å². The van der Waals surface area contributed by atoms with Crippen molar-refractivity contribution in [3.63, 3.8) is 0 Å². The van der Waals surface area contributed by atoms with Crippen molar-refractivity contribution in [2.75, 3.05) is 14.2 Å². The van der Waals surface area contributed by atoms with Gasteiger partial charge in [0.25, 0.3) is 0 Å². The van der Waals surface area contributed by atoms with Crippen molar-refractivity contribution in [3.05, 3.63) is 89.0 Å². The lowest BCUT2D eigenvalue weighted by Gasteiger charge is -2.38. The first-order valence-corrected chi connectivity index (χ1v) is 11.3. The highest BCUT2D eigenvalue weighted by molar-refractivity contribution is 6.02. The third-order valence-electron chi connectivity index (χ3n) is 6.48. The van der Waals surface area contributed by atoms with Gasteiger partial charge >= 0.3 is 0 Å². The molecule has 0 radical (unpaired) electrons. The smallest absolute Gasteiger partial charge is 0.213 e. The lowest BCUT2D eigenvalue weighted by molar-refractivity contribution is -0.0190. The van der Waals surface area contributed by atoms with Gasteiger partial charge in [0.2, 0.25) is 6.23 Å². The number of methoxy groups -OCH3 is 2. The van der Waals surface area contributed by atoms with Crippen LogP contribution in [-0.4, -0.2) is 24.9 Å². The maximum Gasteiger partial charge on any atom is 0.213 e. The fraction of sp³-hybridized carbons (Fsp3) is 0.321. The molecule has 0 fully saturated rings. The second-order valence-electron chi connectivity index (χ2n) is 9.60. The molecule has 0 aromatic heterocycles. The maximum atomic E-state index is 6.50. The van der Waals surface area contributed by atoms with E-state index in [-0.39, 0.29) is 17.7 Å². The van der Waals surface area contributed by atoms with E-state index in [1.165, 1.54) is 11.1 Å². The van der Waals surface area contributed by atoms with Crippen LogP contribution in [0.4, 0.5) is 0 Å². The topological polar surface area (TPSA) is 43.3 Å². The Morgan fingerprint density at radius 2 is 1.64 bits per heavy atom. The van der Waals surface area contributed by atoms with Gasteiger partial charge in [0.05, 0.1) is 26.0 Å². The normalized spacial score (nSPS) is 19.3. The maximum absolute atomic E-state index is 6.50. The second kappa shape index (κ2) is 8.14. The van der Waals surface area contributed by atoms with Crippen molar-refractivity contribution in [2.24, 2.45) is 5.10 Å². The molecular formula is C28H30N2O3. The molecule has 3 aromatic rings. The molecule has 2 aliphatic rings. The molecule has 2 aliphatic heterocycles. The molecule has 0 aliphatic carbocycles. The summed E-state index contributed by atoms with van der Waals surface area (Å²) in [7, 11) is 3.30. The van der Waals surface area contributed by atoms with E-state index in [9.17, 15) is 0 Å². The number of hydrogen-bond donors (Lipinski definition) is 0. The van der Waals surface area contributed by atoms with Crippen LogP contribution in [0, 0.1) is 0 Å². The molecule has 0 amide bonds. The predicted molar refractivity (Wildman–Crippen MR) is 130 cm³/mol. The van der Waals surface area contributed by atoms with Crippen LogP contribution in [0.25, 0.3) is 0 Å². The van der Waals surface area contributed by atoms with Gasteiger partial charge in [-0.2, -0.15) is 5.10 Å². The zero-order valence-electron chi connectivity index (χ0n) is 19.8. The van der Waals surface area contributed by atoms with E-state index in [4.69, 9.17) is 19.3 Å². The highest BCUT2D eigenvalue weighted by atomic mass is 16.5. The van der Waals surface area contributed by atoms with Gasteiger partial charge in [-0.05, 0) is 35.2 Å². The largest absolute Gasteiger partial charge is 0.493 e. The second-order valence-corrected chi connectivity index (χ2v) is 9.60. The Morgan fingerprint density at radius 3 is 2.33 bits per heavy atom. The van der Waals surface area contributed by atoms with E-state index >= 15 is 0 Å². The first-order valence-electron chi connectivity index (χ1n) is 11.3. The Labute approximate surface area is 195 Å². The fourth-order valence-corrected chi connectivity index (χ4v) is 4.59. The molecular weight excluding hydrogens is 412 g/mol. The Hall–Kier alpha value is -3.47. The SMILES string of the molecule is COc1ccc(C2=NN3[C@H](C2)c2ccccc2O[C@H]3c2ccc(C(C)(C)C)cc2)cc1OC. The number of hydrogen-bond acceptors (Lipinski definition) is 5. The van der Waals surface area contributed by atoms with Gasteiger partial charge in [-0.1, -0.05) is 63.2 Å². The fourth-order valence-electron chi connectivity index (χ4n) is 4.59. The summed E-state index contributed by atoms with van der Waals surface area (Å²) in [6, 6.07) is 23.1. The quantitative estimate of drug-likeness (QED) is 0.479. The van der Waals surface area contributed by atoms with E-state index in [0.717, 1.165) is 29.0 Å². The van der Waals surface area contributed by atoms with Crippen LogP contribution < -0.4 is 14.2 Å². The summed E-state index contributed by atoms with van der Waals surface area (Å²) in [5, 5.41) is 7.18. The summed E-state index contributed by atoms with van der Waals surface area (Å²) < 4.78 is 17.4. The molecule has 3 aromatic carbocycles. The number of hydrazone groups is 1. The van der Waals surface area contributed by atoms with Crippen molar-refractivity contribution in [2.45, 2.75) is 44.9 Å². The lowest BCUT2D eigenvalue weighted by atomic mass is 9.86. The zero-order valence-corrected chi connectivity index (χ0v) is 19.8. The van der Waals surface area contributed by atoms with Gasteiger partial charge < -0.3 is 14.2 Å². The van der Waals surface area contributed by atoms with Gasteiger partial charge in [0.1, 0.15) is 5.75 Å². The first-order chi connectivity index (χ1) is 15.9. The third kappa shape index (κ3) is 3.82. The van der Waals surface area contributed by atoms with Gasteiger partial charge in [0, 0.05) is 23.1 Å². The van der Waals surface area contributed by atoms with E-state index in [2.05, 4.69) is 68.2 Å². The molecule has 0 saturated heterocycles. The number of ether oxygens (including phenoxy) is 3. The highest BCUT2D eigenvalue weighted by Gasteiger charge is 2.41. The Balaban J connectivity index is 1.54. The molecule has 170 valence electrons. The minimum absolute atomic E-state index is 0.105. The number of fused-ring (bicyclic) bond motifs is 3. The monoisotopic (exact) mass is 442 g/mol. The number of para-hydroxylation sites is 1. The minimum atomic E-state index is -0.281.